The van der Waals surface area contributed by atoms with Crippen LogP contribution in [0.5, 0.6) is 5.75 Å². The quantitative estimate of drug-likeness (QED) is 0.476. The van der Waals surface area contributed by atoms with Crippen molar-refractivity contribution in [3.8, 4) is 5.75 Å². The molecule has 2 aliphatic heterocycles. The summed E-state index contributed by atoms with van der Waals surface area (Å²) in [5, 5.41) is 0. The third-order valence-corrected chi connectivity index (χ3v) is 6.59. The first kappa shape index (κ1) is 24.0. The van der Waals surface area contributed by atoms with Gasteiger partial charge in [0.1, 0.15) is 17.8 Å². The largest absolute Gasteiger partial charge is 0.477 e. The van der Waals surface area contributed by atoms with Crippen LogP contribution in [0.25, 0.3) is 0 Å². The number of hydrogen-bond donors (Lipinski definition) is 0. The number of ether oxygens (including phenoxy) is 2. The van der Waals surface area contributed by atoms with Gasteiger partial charge in [-0.3, -0.25) is 14.5 Å². The second-order valence-electron chi connectivity index (χ2n) is 9.06. The van der Waals surface area contributed by atoms with Crippen LogP contribution >= 0.6 is 0 Å². The molecule has 1 aromatic carbocycles. The minimum atomic E-state index is -0.286. The van der Waals surface area contributed by atoms with E-state index in [4.69, 9.17) is 13.9 Å². The highest BCUT2D eigenvalue weighted by atomic mass is 16.5. The zero-order chi connectivity index (χ0) is 24.9. The normalized spacial score (nSPS) is 15.7. The van der Waals surface area contributed by atoms with Crippen LogP contribution in [0, 0.1) is 0 Å². The summed E-state index contributed by atoms with van der Waals surface area (Å²) in [6, 6.07) is 13.7. The number of hydrogen-bond acceptors (Lipinski definition) is 8. The van der Waals surface area contributed by atoms with Gasteiger partial charge in [-0.2, -0.15) is 0 Å². The number of nitrogens with zero attached hydrogens (tertiary/aromatic N) is 4. The van der Waals surface area contributed by atoms with Gasteiger partial charge in [0.2, 0.25) is 11.2 Å². The number of carbonyl (C=O) groups is 1. The van der Waals surface area contributed by atoms with Gasteiger partial charge in [0.15, 0.2) is 6.61 Å². The second-order valence-corrected chi connectivity index (χ2v) is 9.06. The van der Waals surface area contributed by atoms with Crippen molar-refractivity contribution in [1.29, 1.82) is 0 Å². The predicted molar refractivity (Wildman–Crippen MR) is 134 cm³/mol. The zero-order valence-electron chi connectivity index (χ0n) is 20.4. The van der Waals surface area contributed by atoms with E-state index < -0.39 is 0 Å². The standard InChI is InChI=1S/C27H30N4O5/c1-34-17-22-7-4-8-28-27(22)31-11-9-30(10-12-31)26(33)19-36-25-18-35-23(13-24(25)32)16-29-14-20-5-2-3-6-21(20)15-29/h2-8,13,18H,9-12,14-17,19H2,1H3. The molecule has 188 valence electrons. The van der Waals surface area contributed by atoms with Gasteiger partial charge in [-0.25, -0.2) is 4.98 Å². The van der Waals surface area contributed by atoms with Gasteiger partial charge in [-0.05, 0) is 17.2 Å². The fourth-order valence-electron chi connectivity index (χ4n) is 4.74. The van der Waals surface area contributed by atoms with E-state index in [0.717, 1.165) is 24.5 Å². The minimum Gasteiger partial charge on any atom is -0.477 e. The Hall–Kier alpha value is -3.69. The molecule has 1 saturated heterocycles. The molecule has 0 saturated carbocycles. The van der Waals surface area contributed by atoms with Crippen LogP contribution in [0.2, 0.25) is 0 Å². The topological polar surface area (TPSA) is 88.3 Å². The van der Waals surface area contributed by atoms with Crippen molar-refractivity contribution >= 4 is 11.7 Å². The van der Waals surface area contributed by atoms with Gasteiger partial charge in [0, 0.05) is 64.2 Å². The number of fused-ring (bicyclic) bond motifs is 1. The van der Waals surface area contributed by atoms with Gasteiger partial charge in [0.05, 0.1) is 13.2 Å². The van der Waals surface area contributed by atoms with Crippen molar-refractivity contribution in [2.24, 2.45) is 0 Å². The second kappa shape index (κ2) is 10.9. The molecule has 0 radical (unpaired) electrons. The molecule has 5 rings (SSSR count). The summed E-state index contributed by atoms with van der Waals surface area (Å²) in [5.41, 5.74) is 3.34. The number of amides is 1. The van der Waals surface area contributed by atoms with E-state index >= 15 is 0 Å². The molecule has 4 heterocycles. The first-order valence-electron chi connectivity index (χ1n) is 12.1. The predicted octanol–water partition coefficient (Wildman–Crippen LogP) is 2.42. The van der Waals surface area contributed by atoms with E-state index in [-0.39, 0.29) is 23.7 Å². The minimum absolute atomic E-state index is 0.0492. The lowest BCUT2D eigenvalue weighted by atomic mass is 10.1. The summed E-state index contributed by atoms with van der Waals surface area (Å²) < 4.78 is 16.5. The highest BCUT2D eigenvalue weighted by Crippen LogP contribution is 2.24. The van der Waals surface area contributed by atoms with Crippen LogP contribution in [0.1, 0.15) is 22.5 Å². The van der Waals surface area contributed by atoms with Crippen LogP contribution in [0.15, 0.2) is 64.1 Å². The summed E-state index contributed by atoms with van der Waals surface area (Å²) in [6.45, 7) is 4.91. The molecule has 9 heteroatoms. The maximum atomic E-state index is 12.7. The van der Waals surface area contributed by atoms with Crippen molar-refractivity contribution < 1.29 is 18.7 Å². The van der Waals surface area contributed by atoms with Crippen molar-refractivity contribution in [2.75, 3.05) is 44.8 Å². The third kappa shape index (κ3) is 5.42. The van der Waals surface area contributed by atoms with Crippen LogP contribution in [-0.4, -0.2) is 60.6 Å². The molecule has 36 heavy (non-hydrogen) atoms. The van der Waals surface area contributed by atoms with Gasteiger partial charge >= 0.3 is 0 Å². The fourth-order valence-corrected chi connectivity index (χ4v) is 4.74. The molecule has 1 amide bonds. The van der Waals surface area contributed by atoms with E-state index in [0.29, 0.717) is 45.1 Å². The summed E-state index contributed by atoms with van der Waals surface area (Å²) >= 11 is 0. The molecule has 0 unspecified atom stereocenters. The Morgan fingerprint density at radius 2 is 1.81 bits per heavy atom. The van der Waals surface area contributed by atoms with Gasteiger partial charge in [-0.1, -0.05) is 30.3 Å². The number of methoxy groups -OCH3 is 1. The average Bonchev–Trinajstić information content (AvgIpc) is 3.31. The van der Waals surface area contributed by atoms with Gasteiger partial charge < -0.3 is 23.7 Å². The van der Waals surface area contributed by atoms with E-state index in [9.17, 15) is 9.59 Å². The van der Waals surface area contributed by atoms with Crippen molar-refractivity contribution in [3.63, 3.8) is 0 Å². The molecule has 2 aromatic heterocycles. The lowest BCUT2D eigenvalue weighted by Crippen LogP contribution is -2.50. The van der Waals surface area contributed by atoms with Crippen molar-refractivity contribution in [2.45, 2.75) is 26.2 Å². The van der Waals surface area contributed by atoms with E-state index in [1.54, 1.807) is 18.2 Å². The molecule has 0 spiro atoms. The molecule has 1 fully saturated rings. The Labute approximate surface area is 209 Å². The number of benzene rings is 1. The van der Waals surface area contributed by atoms with Crippen LogP contribution in [0.3, 0.4) is 0 Å². The molecule has 0 bridgehead atoms. The molecule has 2 aliphatic rings. The molecule has 0 atom stereocenters. The third-order valence-electron chi connectivity index (χ3n) is 6.59. The molecular formula is C27H30N4O5. The summed E-state index contributed by atoms with van der Waals surface area (Å²) in [4.78, 5) is 35.9. The number of pyridine rings is 1. The van der Waals surface area contributed by atoms with Crippen LogP contribution in [-0.2, 0) is 35.8 Å². The first-order chi connectivity index (χ1) is 17.6. The number of rotatable bonds is 8. The van der Waals surface area contributed by atoms with E-state index in [1.807, 2.05) is 24.3 Å². The smallest absolute Gasteiger partial charge is 0.260 e. The first-order valence-corrected chi connectivity index (χ1v) is 12.1. The Morgan fingerprint density at radius 1 is 1.06 bits per heavy atom. The Morgan fingerprint density at radius 3 is 2.50 bits per heavy atom. The lowest BCUT2D eigenvalue weighted by molar-refractivity contribution is -0.133. The molecule has 0 N–H and O–H groups in total. The maximum absolute atomic E-state index is 12.7. The summed E-state index contributed by atoms with van der Waals surface area (Å²) in [5.74, 6) is 1.35. The zero-order valence-corrected chi connectivity index (χ0v) is 20.4. The van der Waals surface area contributed by atoms with E-state index in [2.05, 4.69) is 26.9 Å². The van der Waals surface area contributed by atoms with Crippen LogP contribution < -0.4 is 15.1 Å². The fraction of sp³-hybridized carbons (Fsp3) is 0.370. The number of piperazine rings is 1. The molecule has 9 nitrogen and oxygen atoms in total. The van der Waals surface area contributed by atoms with Crippen LogP contribution in [0.4, 0.5) is 5.82 Å². The van der Waals surface area contributed by atoms with Gasteiger partial charge in [-0.15, -0.1) is 0 Å². The highest BCUT2D eigenvalue weighted by molar-refractivity contribution is 5.78. The Balaban J connectivity index is 1.11. The summed E-state index contributed by atoms with van der Waals surface area (Å²) in [7, 11) is 1.66. The van der Waals surface area contributed by atoms with E-state index in [1.165, 1.54) is 23.5 Å². The molecule has 3 aromatic rings. The number of anilines is 1. The van der Waals surface area contributed by atoms with Crippen molar-refractivity contribution in [3.05, 3.63) is 87.6 Å². The number of carbonyl (C=O) groups excluding carboxylic acids is 1. The maximum Gasteiger partial charge on any atom is 0.260 e. The SMILES string of the molecule is COCc1cccnc1N1CCN(C(=O)COc2coc(CN3Cc4ccccc4C3)cc2=O)CC1. The monoisotopic (exact) mass is 490 g/mol. The molecule has 0 aliphatic carbocycles. The Bertz CT molecular complexity index is 1240. The summed E-state index contributed by atoms with van der Waals surface area (Å²) in [6.07, 6.45) is 3.07. The van der Waals surface area contributed by atoms with Gasteiger partial charge in [0.25, 0.3) is 5.91 Å². The number of aromatic nitrogens is 1. The van der Waals surface area contributed by atoms with Crippen molar-refractivity contribution in [1.82, 2.24) is 14.8 Å². The average molecular weight is 491 g/mol. The lowest BCUT2D eigenvalue weighted by Gasteiger charge is -2.36. The Kier molecular flexibility index (Phi) is 7.29. The highest BCUT2D eigenvalue weighted by Gasteiger charge is 2.24. The molecular weight excluding hydrogens is 460 g/mol.